The number of nitrogens with zero attached hydrogens (tertiary/aromatic N) is 2. The first-order chi connectivity index (χ1) is 9.36. The van der Waals surface area contributed by atoms with Crippen molar-refractivity contribution in [3.8, 4) is 0 Å². The van der Waals surface area contributed by atoms with Crippen molar-refractivity contribution in [1.82, 2.24) is 9.97 Å². The lowest BCUT2D eigenvalue weighted by Gasteiger charge is -2.16. The molecular formula is C13H11ClF3N3. The van der Waals surface area contributed by atoms with Crippen molar-refractivity contribution in [2.75, 3.05) is 5.32 Å². The van der Waals surface area contributed by atoms with Crippen LogP contribution in [0.2, 0.25) is 5.02 Å². The smallest absolute Gasteiger partial charge is 0.377 e. The van der Waals surface area contributed by atoms with Gasteiger partial charge in [0.25, 0.3) is 0 Å². The van der Waals surface area contributed by atoms with Gasteiger partial charge in [-0.25, -0.2) is 0 Å². The van der Waals surface area contributed by atoms with Gasteiger partial charge >= 0.3 is 6.18 Å². The molecule has 1 aromatic heterocycles. The summed E-state index contributed by atoms with van der Waals surface area (Å²) in [6.07, 6.45) is 0.161. The molecule has 1 N–H and O–H groups in total. The van der Waals surface area contributed by atoms with Crippen LogP contribution in [0.5, 0.6) is 0 Å². The average Bonchev–Trinajstić information content (AvgIpc) is 2.38. The topological polar surface area (TPSA) is 37.8 Å². The molecule has 2 aromatic rings. The highest BCUT2D eigenvalue weighted by molar-refractivity contribution is 6.30. The molecule has 7 heteroatoms. The van der Waals surface area contributed by atoms with Crippen molar-refractivity contribution in [3.63, 3.8) is 0 Å². The molecule has 1 unspecified atom stereocenters. The highest BCUT2D eigenvalue weighted by Crippen LogP contribution is 2.34. The molecule has 0 saturated carbocycles. The second-order valence-electron chi connectivity index (χ2n) is 4.22. The van der Waals surface area contributed by atoms with Crippen LogP contribution in [-0.2, 0) is 6.18 Å². The summed E-state index contributed by atoms with van der Waals surface area (Å²) in [6.45, 7) is 1.78. The van der Waals surface area contributed by atoms with Gasteiger partial charge < -0.3 is 5.32 Å². The number of benzene rings is 1. The molecule has 0 aliphatic carbocycles. The molecule has 0 fully saturated rings. The zero-order valence-corrected chi connectivity index (χ0v) is 11.2. The van der Waals surface area contributed by atoms with Gasteiger partial charge in [0.2, 0.25) is 0 Å². The van der Waals surface area contributed by atoms with Crippen molar-refractivity contribution >= 4 is 17.3 Å². The van der Waals surface area contributed by atoms with Gasteiger partial charge in [-0.1, -0.05) is 11.6 Å². The van der Waals surface area contributed by atoms with E-state index in [0.717, 1.165) is 12.1 Å². The highest BCUT2D eigenvalue weighted by Gasteiger charge is 2.31. The van der Waals surface area contributed by atoms with E-state index in [1.165, 1.54) is 18.5 Å². The van der Waals surface area contributed by atoms with E-state index >= 15 is 0 Å². The quantitative estimate of drug-likeness (QED) is 0.917. The Hall–Kier alpha value is -1.82. The van der Waals surface area contributed by atoms with Crippen molar-refractivity contribution in [2.45, 2.75) is 19.1 Å². The SMILES string of the molecule is CC(Nc1cc(Cl)cc(C(F)(F)F)c1)c1cnccn1. The summed E-state index contributed by atoms with van der Waals surface area (Å²) < 4.78 is 38.1. The van der Waals surface area contributed by atoms with Gasteiger partial charge in [0, 0.05) is 23.1 Å². The fourth-order valence-corrected chi connectivity index (χ4v) is 1.93. The Bertz CT molecular complexity index is 587. The number of hydrogen-bond donors (Lipinski definition) is 1. The number of anilines is 1. The van der Waals surface area contributed by atoms with E-state index in [0.29, 0.717) is 5.69 Å². The third kappa shape index (κ3) is 3.60. The van der Waals surface area contributed by atoms with Crippen molar-refractivity contribution in [2.24, 2.45) is 0 Å². The first-order valence-electron chi connectivity index (χ1n) is 5.76. The molecule has 0 radical (unpaired) electrons. The van der Waals surface area contributed by atoms with Crippen molar-refractivity contribution < 1.29 is 13.2 Å². The maximum Gasteiger partial charge on any atom is 0.416 e. The average molecular weight is 302 g/mol. The van der Waals surface area contributed by atoms with Crippen LogP contribution in [0.25, 0.3) is 0 Å². The summed E-state index contributed by atoms with van der Waals surface area (Å²) in [5.74, 6) is 0. The first kappa shape index (κ1) is 14.6. The minimum absolute atomic E-state index is 0.0219. The minimum atomic E-state index is -4.43. The minimum Gasteiger partial charge on any atom is -0.377 e. The molecule has 20 heavy (non-hydrogen) atoms. The number of rotatable bonds is 3. The van der Waals surface area contributed by atoms with Gasteiger partial charge in [-0.15, -0.1) is 0 Å². The largest absolute Gasteiger partial charge is 0.416 e. The summed E-state index contributed by atoms with van der Waals surface area (Å²) in [7, 11) is 0. The van der Waals surface area contributed by atoms with Crippen LogP contribution in [0.15, 0.2) is 36.8 Å². The fourth-order valence-electron chi connectivity index (χ4n) is 1.69. The molecule has 0 aliphatic heterocycles. The monoisotopic (exact) mass is 301 g/mol. The van der Waals surface area contributed by atoms with Gasteiger partial charge in [0.1, 0.15) is 0 Å². The Labute approximate surface area is 118 Å². The second kappa shape index (κ2) is 5.66. The fraction of sp³-hybridized carbons (Fsp3) is 0.231. The van der Waals surface area contributed by atoms with Crippen molar-refractivity contribution in [1.29, 1.82) is 0 Å². The standard InChI is InChI=1S/C13H11ClF3N3/c1-8(12-7-18-2-3-19-12)20-11-5-9(13(15,16)17)4-10(14)6-11/h2-8,20H,1H3. The van der Waals surface area contributed by atoms with E-state index < -0.39 is 11.7 Å². The van der Waals surface area contributed by atoms with Crippen LogP contribution in [0, 0.1) is 0 Å². The molecule has 2 rings (SSSR count). The second-order valence-corrected chi connectivity index (χ2v) is 4.66. The molecule has 3 nitrogen and oxygen atoms in total. The number of hydrogen-bond acceptors (Lipinski definition) is 3. The summed E-state index contributed by atoms with van der Waals surface area (Å²) in [5.41, 5.74) is 0.114. The van der Waals surface area contributed by atoms with Gasteiger partial charge in [0.15, 0.2) is 0 Å². The lowest BCUT2D eigenvalue weighted by atomic mass is 10.1. The molecule has 1 aromatic carbocycles. The molecule has 0 saturated heterocycles. The van der Waals surface area contributed by atoms with E-state index in [9.17, 15) is 13.2 Å². The molecule has 0 bridgehead atoms. The predicted octanol–water partition coefficient (Wildman–Crippen LogP) is 4.32. The Morgan fingerprint density at radius 1 is 1.20 bits per heavy atom. The number of aromatic nitrogens is 2. The Kier molecular flexibility index (Phi) is 4.13. The molecule has 1 atom stereocenters. The zero-order valence-electron chi connectivity index (χ0n) is 10.4. The Morgan fingerprint density at radius 2 is 1.95 bits per heavy atom. The lowest BCUT2D eigenvalue weighted by Crippen LogP contribution is -2.10. The van der Waals surface area contributed by atoms with E-state index in [1.54, 1.807) is 13.1 Å². The van der Waals surface area contributed by atoms with Gasteiger partial charge in [-0.2, -0.15) is 13.2 Å². The van der Waals surface area contributed by atoms with E-state index in [4.69, 9.17) is 11.6 Å². The van der Waals surface area contributed by atoms with Crippen LogP contribution >= 0.6 is 11.6 Å². The van der Waals surface area contributed by atoms with Gasteiger partial charge in [-0.3, -0.25) is 9.97 Å². The number of nitrogens with one attached hydrogen (secondary N) is 1. The Morgan fingerprint density at radius 3 is 2.55 bits per heavy atom. The van der Waals surface area contributed by atoms with E-state index in [2.05, 4.69) is 15.3 Å². The van der Waals surface area contributed by atoms with Gasteiger partial charge in [-0.05, 0) is 25.1 Å². The summed E-state index contributed by atoms with van der Waals surface area (Å²) in [5, 5.41) is 2.95. The van der Waals surface area contributed by atoms with E-state index in [-0.39, 0.29) is 16.8 Å². The highest BCUT2D eigenvalue weighted by atomic mass is 35.5. The lowest BCUT2D eigenvalue weighted by molar-refractivity contribution is -0.137. The normalized spacial score (nSPS) is 13.1. The van der Waals surface area contributed by atoms with Crippen LogP contribution in [0.3, 0.4) is 0 Å². The molecule has 1 heterocycles. The zero-order chi connectivity index (χ0) is 14.8. The predicted molar refractivity (Wildman–Crippen MR) is 70.5 cm³/mol. The summed E-state index contributed by atoms with van der Waals surface area (Å²) >= 11 is 5.72. The molecule has 106 valence electrons. The van der Waals surface area contributed by atoms with Crippen LogP contribution in [-0.4, -0.2) is 9.97 Å². The van der Waals surface area contributed by atoms with Crippen molar-refractivity contribution in [3.05, 3.63) is 53.1 Å². The van der Waals surface area contributed by atoms with Crippen LogP contribution in [0.4, 0.5) is 18.9 Å². The van der Waals surface area contributed by atoms with Gasteiger partial charge in [0.05, 0.1) is 23.5 Å². The number of alkyl halides is 3. The maximum absolute atomic E-state index is 12.7. The Balaban J connectivity index is 2.24. The number of halogens is 4. The van der Waals surface area contributed by atoms with E-state index in [1.807, 2.05) is 0 Å². The van der Waals surface area contributed by atoms with Crippen LogP contribution < -0.4 is 5.32 Å². The molecular weight excluding hydrogens is 291 g/mol. The third-order valence-corrected chi connectivity index (χ3v) is 2.85. The summed E-state index contributed by atoms with van der Waals surface area (Å²) in [6, 6.07) is 3.05. The first-order valence-corrected chi connectivity index (χ1v) is 6.14. The molecule has 0 amide bonds. The summed E-state index contributed by atoms with van der Waals surface area (Å²) in [4.78, 5) is 8.00. The third-order valence-electron chi connectivity index (χ3n) is 2.64. The molecule has 0 spiro atoms. The molecule has 0 aliphatic rings. The maximum atomic E-state index is 12.7. The van der Waals surface area contributed by atoms with Crippen LogP contribution in [0.1, 0.15) is 24.2 Å².